The van der Waals surface area contributed by atoms with E-state index in [0.29, 0.717) is 47.3 Å². The summed E-state index contributed by atoms with van der Waals surface area (Å²) in [5.74, 6) is 1.31. The van der Waals surface area contributed by atoms with Crippen molar-refractivity contribution in [3.05, 3.63) is 47.5 Å². The number of hydrogen-bond donors (Lipinski definition) is 1. The van der Waals surface area contributed by atoms with Crippen LogP contribution in [0.2, 0.25) is 5.02 Å². The number of morpholine rings is 1. The zero-order valence-electron chi connectivity index (χ0n) is 19.8. The molecular formula is C25H29ClFN5O3. The third-order valence-corrected chi connectivity index (χ3v) is 6.92. The molecule has 1 unspecified atom stereocenters. The summed E-state index contributed by atoms with van der Waals surface area (Å²) in [6.07, 6.45) is 2.65. The Balaban J connectivity index is 1.26. The summed E-state index contributed by atoms with van der Waals surface area (Å²) in [5.41, 5.74) is 1.32. The van der Waals surface area contributed by atoms with Gasteiger partial charge in [-0.15, -0.1) is 0 Å². The van der Waals surface area contributed by atoms with Crippen molar-refractivity contribution in [1.82, 2.24) is 19.8 Å². The summed E-state index contributed by atoms with van der Waals surface area (Å²) >= 11 is 5.93. The molecule has 2 atom stereocenters. The highest BCUT2D eigenvalue weighted by atomic mass is 35.5. The normalized spacial score (nSPS) is 20.7. The van der Waals surface area contributed by atoms with Crippen LogP contribution in [-0.2, 0) is 4.74 Å². The van der Waals surface area contributed by atoms with Crippen molar-refractivity contribution < 1.29 is 18.6 Å². The summed E-state index contributed by atoms with van der Waals surface area (Å²) in [7, 11) is 3.79. The molecule has 0 saturated carbocycles. The van der Waals surface area contributed by atoms with Crippen molar-refractivity contribution in [2.24, 2.45) is 0 Å². The Morgan fingerprint density at radius 2 is 2.09 bits per heavy atom. The molecule has 1 N–H and O–H groups in total. The number of likely N-dealkylation sites (tertiary alicyclic amines) is 1. The average molecular weight is 502 g/mol. The number of hydrogen-bond acceptors (Lipinski definition) is 8. The Hall–Kier alpha value is -2.72. The summed E-state index contributed by atoms with van der Waals surface area (Å²) in [6, 6.07) is 8.61. The van der Waals surface area contributed by atoms with Gasteiger partial charge in [-0.25, -0.2) is 14.4 Å². The topological polar surface area (TPSA) is 72.0 Å². The second-order valence-corrected chi connectivity index (χ2v) is 9.32. The Kier molecular flexibility index (Phi) is 7.19. The van der Waals surface area contributed by atoms with Crippen molar-refractivity contribution in [2.45, 2.75) is 18.6 Å². The van der Waals surface area contributed by atoms with Gasteiger partial charge in [-0.05, 0) is 37.7 Å². The number of fused-ring (bicyclic) bond motifs is 2. The van der Waals surface area contributed by atoms with E-state index in [-0.39, 0.29) is 5.02 Å². The van der Waals surface area contributed by atoms with Crippen LogP contribution >= 0.6 is 11.6 Å². The lowest BCUT2D eigenvalue weighted by molar-refractivity contribution is -0.0369. The zero-order valence-corrected chi connectivity index (χ0v) is 20.6. The number of rotatable bonds is 8. The predicted molar refractivity (Wildman–Crippen MR) is 133 cm³/mol. The number of nitrogens with one attached hydrogen (secondary N) is 1. The number of nitrogens with zero attached hydrogens (tertiary/aromatic N) is 4. The van der Waals surface area contributed by atoms with E-state index < -0.39 is 5.82 Å². The van der Waals surface area contributed by atoms with Crippen molar-refractivity contribution in [3.63, 3.8) is 0 Å². The smallest absolute Gasteiger partial charge is 0.162 e. The van der Waals surface area contributed by atoms with Gasteiger partial charge in [0.15, 0.2) is 11.5 Å². The standard InChI is InChI=1S/C25H29ClFN5O3/c1-31-7-9-35-24-14-32(13-21(24)31)6-3-8-34-23-11-17-20(12-22(23)33-2)28-15-29-25(17)30-16-4-5-19(27)18(26)10-16/h4-5,10-12,15,21,24H,3,6-9,13-14H2,1-2H3,(H,28,29,30)/t21?,24-/m1/s1. The number of methoxy groups -OCH3 is 1. The minimum Gasteiger partial charge on any atom is -0.493 e. The lowest BCUT2D eigenvalue weighted by atomic mass is 10.1. The van der Waals surface area contributed by atoms with Gasteiger partial charge in [0.05, 0.1) is 37.0 Å². The minimum atomic E-state index is -0.475. The molecule has 2 aromatic carbocycles. The third-order valence-electron chi connectivity index (χ3n) is 6.63. The molecule has 10 heteroatoms. The second kappa shape index (κ2) is 10.5. The van der Waals surface area contributed by atoms with E-state index in [1.807, 2.05) is 12.1 Å². The van der Waals surface area contributed by atoms with E-state index in [1.165, 1.54) is 18.5 Å². The second-order valence-electron chi connectivity index (χ2n) is 8.92. The maximum absolute atomic E-state index is 13.5. The van der Waals surface area contributed by atoms with Gasteiger partial charge in [0, 0.05) is 49.4 Å². The van der Waals surface area contributed by atoms with E-state index in [1.54, 1.807) is 13.2 Å². The van der Waals surface area contributed by atoms with Gasteiger partial charge in [-0.2, -0.15) is 0 Å². The number of benzene rings is 2. The molecular weight excluding hydrogens is 473 g/mol. The fourth-order valence-corrected chi connectivity index (χ4v) is 4.91. The van der Waals surface area contributed by atoms with Gasteiger partial charge in [-0.3, -0.25) is 9.80 Å². The first kappa shape index (κ1) is 24.0. The highest BCUT2D eigenvalue weighted by molar-refractivity contribution is 6.31. The van der Waals surface area contributed by atoms with Crippen LogP contribution in [-0.4, -0.2) is 85.5 Å². The average Bonchev–Trinajstić information content (AvgIpc) is 3.28. The highest BCUT2D eigenvalue weighted by Gasteiger charge is 2.38. The lowest BCUT2D eigenvalue weighted by Gasteiger charge is -2.33. The first-order valence-corrected chi connectivity index (χ1v) is 12.1. The molecule has 0 amide bonds. The van der Waals surface area contributed by atoms with E-state index in [2.05, 4.69) is 32.1 Å². The quantitative estimate of drug-likeness (QED) is 0.465. The fraction of sp³-hybridized carbons (Fsp3) is 0.440. The van der Waals surface area contributed by atoms with Crippen LogP contribution in [0.3, 0.4) is 0 Å². The van der Waals surface area contributed by atoms with E-state index in [0.717, 1.165) is 44.6 Å². The fourth-order valence-electron chi connectivity index (χ4n) is 4.73. The molecule has 1 aromatic heterocycles. The van der Waals surface area contributed by atoms with Gasteiger partial charge >= 0.3 is 0 Å². The molecule has 0 bridgehead atoms. The molecule has 3 heterocycles. The van der Waals surface area contributed by atoms with Crippen LogP contribution in [0.1, 0.15) is 6.42 Å². The maximum Gasteiger partial charge on any atom is 0.162 e. The molecule has 5 rings (SSSR count). The number of halogens is 2. The molecule has 0 aliphatic carbocycles. The maximum atomic E-state index is 13.5. The number of likely N-dealkylation sites (N-methyl/N-ethyl adjacent to an activating group) is 1. The van der Waals surface area contributed by atoms with Gasteiger partial charge in [0.2, 0.25) is 0 Å². The molecule has 2 aliphatic heterocycles. The van der Waals surface area contributed by atoms with Gasteiger partial charge in [0.25, 0.3) is 0 Å². The lowest BCUT2D eigenvalue weighted by Crippen LogP contribution is -2.48. The predicted octanol–water partition coefficient (Wildman–Crippen LogP) is 3.96. The molecule has 35 heavy (non-hydrogen) atoms. The number of aromatic nitrogens is 2. The minimum absolute atomic E-state index is 0.0366. The van der Waals surface area contributed by atoms with Gasteiger partial charge in [-0.1, -0.05) is 11.6 Å². The molecule has 186 valence electrons. The molecule has 2 fully saturated rings. The van der Waals surface area contributed by atoms with Gasteiger partial charge < -0.3 is 19.5 Å². The van der Waals surface area contributed by atoms with Crippen LogP contribution in [0.5, 0.6) is 11.5 Å². The summed E-state index contributed by atoms with van der Waals surface area (Å²) in [4.78, 5) is 13.6. The Labute approximate surface area is 208 Å². The van der Waals surface area contributed by atoms with E-state index >= 15 is 0 Å². The Bertz CT molecular complexity index is 1200. The van der Waals surface area contributed by atoms with Crippen LogP contribution < -0.4 is 14.8 Å². The Morgan fingerprint density at radius 1 is 1.20 bits per heavy atom. The van der Waals surface area contributed by atoms with Crippen LogP contribution in [0.25, 0.3) is 10.9 Å². The molecule has 0 spiro atoms. The van der Waals surface area contributed by atoms with E-state index in [9.17, 15) is 4.39 Å². The summed E-state index contributed by atoms with van der Waals surface area (Å²) < 4.78 is 31.2. The molecule has 8 nitrogen and oxygen atoms in total. The SMILES string of the molecule is COc1cc2ncnc(Nc3ccc(F)c(Cl)c3)c2cc1OCCCN1CC2[C@@H](C1)OCCN2C. The highest BCUT2D eigenvalue weighted by Crippen LogP contribution is 2.35. The molecule has 2 aliphatic rings. The first-order chi connectivity index (χ1) is 17.0. The van der Waals surface area contributed by atoms with Gasteiger partial charge in [0.1, 0.15) is 18.0 Å². The van der Waals surface area contributed by atoms with Crippen molar-refractivity contribution in [3.8, 4) is 11.5 Å². The number of ether oxygens (including phenoxy) is 3. The van der Waals surface area contributed by atoms with Crippen LogP contribution in [0.4, 0.5) is 15.9 Å². The Morgan fingerprint density at radius 3 is 2.89 bits per heavy atom. The third kappa shape index (κ3) is 5.28. The van der Waals surface area contributed by atoms with Crippen molar-refractivity contribution in [2.75, 3.05) is 58.9 Å². The van der Waals surface area contributed by atoms with Crippen molar-refractivity contribution in [1.29, 1.82) is 0 Å². The molecule has 3 aromatic rings. The summed E-state index contributed by atoms with van der Waals surface area (Å²) in [6.45, 7) is 5.30. The van der Waals surface area contributed by atoms with E-state index in [4.69, 9.17) is 25.8 Å². The van der Waals surface area contributed by atoms with Crippen molar-refractivity contribution >= 4 is 34.0 Å². The number of anilines is 2. The first-order valence-electron chi connectivity index (χ1n) is 11.7. The summed E-state index contributed by atoms with van der Waals surface area (Å²) in [5, 5.41) is 3.98. The van der Waals surface area contributed by atoms with Crippen LogP contribution in [0, 0.1) is 5.82 Å². The zero-order chi connectivity index (χ0) is 24.4. The monoisotopic (exact) mass is 501 g/mol. The molecule has 0 radical (unpaired) electrons. The molecule has 2 saturated heterocycles. The van der Waals surface area contributed by atoms with Crippen LogP contribution in [0.15, 0.2) is 36.7 Å². The largest absolute Gasteiger partial charge is 0.493 e.